The van der Waals surface area contributed by atoms with E-state index in [4.69, 9.17) is 32.7 Å². The molecule has 1 aliphatic carbocycles. The highest BCUT2D eigenvalue weighted by Crippen LogP contribution is 2.58. The first-order chi connectivity index (χ1) is 20.0. The van der Waals surface area contributed by atoms with Crippen LogP contribution < -0.4 is 16.0 Å². The van der Waals surface area contributed by atoms with E-state index in [9.17, 15) is 19.2 Å². The molecule has 2 aromatic carbocycles. The number of alkyl carbamates (subject to hydrolysis) is 1. The third kappa shape index (κ3) is 7.75. The van der Waals surface area contributed by atoms with Crippen LogP contribution in [0.2, 0.25) is 10.0 Å². The largest absolute Gasteiger partial charge is 0.467 e. The SMILES string of the molecule is COC(=O)C(C[C@@H]1CCNC1=O)NC(=O)C(CC(C)C)NC(=O)OC(c1ccc(Cl)cc1)C1(c2cccc(Cl)c2)CC1. The molecule has 2 aliphatic rings. The molecule has 1 saturated heterocycles. The summed E-state index contributed by atoms with van der Waals surface area (Å²) in [6.07, 6.45) is 1.07. The van der Waals surface area contributed by atoms with Gasteiger partial charge in [-0.3, -0.25) is 9.59 Å². The highest BCUT2D eigenvalue weighted by molar-refractivity contribution is 6.30. The number of amides is 3. The van der Waals surface area contributed by atoms with E-state index in [0.29, 0.717) is 29.4 Å². The second-order valence-corrected chi connectivity index (χ2v) is 12.3. The molecule has 3 N–H and O–H groups in total. The minimum Gasteiger partial charge on any atom is -0.467 e. The van der Waals surface area contributed by atoms with Crippen molar-refractivity contribution in [3.63, 3.8) is 0 Å². The second kappa shape index (κ2) is 13.8. The normalized spacial score (nSPS) is 19.3. The zero-order chi connectivity index (χ0) is 30.4. The van der Waals surface area contributed by atoms with Gasteiger partial charge in [-0.1, -0.05) is 61.3 Å². The molecule has 0 aromatic heterocycles. The molecule has 0 spiro atoms. The molecule has 11 heteroatoms. The number of carbonyl (C=O) groups excluding carboxylic acids is 4. The van der Waals surface area contributed by atoms with E-state index in [1.807, 2.05) is 44.2 Å². The zero-order valence-electron chi connectivity index (χ0n) is 24.0. The first-order valence-corrected chi connectivity index (χ1v) is 14.9. The summed E-state index contributed by atoms with van der Waals surface area (Å²) in [5, 5.41) is 9.30. The van der Waals surface area contributed by atoms with Crippen molar-refractivity contribution in [2.45, 2.75) is 69.6 Å². The number of halogens is 2. The number of ether oxygens (including phenoxy) is 2. The van der Waals surface area contributed by atoms with Gasteiger partial charge in [-0.25, -0.2) is 9.59 Å². The number of benzene rings is 2. The topological polar surface area (TPSA) is 123 Å². The molecule has 226 valence electrons. The summed E-state index contributed by atoms with van der Waals surface area (Å²) in [4.78, 5) is 51.5. The molecule has 2 aromatic rings. The first kappa shape index (κ1) is 31.6. The lowest BCUT2D eigenvalue weighted by Crippen LogP contribution is -2.53. The molecule has 3 amide bonds. The molecule has 0 bridgehead atoms. The van der Waals surface area contributed by atoms with Crippen molar-refractivity contribution in [3.8, 4) is 0 Å². The standard InChI is InChI=1S/C31H37Cl2N3O6/c1-18(2)15-24(28(38)35-25(29(39)41-3)16-20-11-14-34-27(20)37)36-30(40)42-26(19-7-9-22(32)10-8-19)31(12-13-31)21-5-4-6-23(33)17-21/h4-10,17-18,20,24-26H,11-16H2,1-3H3,(H,34,37)(H,35,38)(H,36,40)/t20-,24?,25?,26?/m0/s1. The number of carbonyl (C=O) groups is 4. The van der Waals surface area contributed by atoms with Crippen molar-refractivity contribution in [2.24, 2.45) is 11.8 Å². The molecule has 1 saturated carbocycles. The van der Waals surface area contributed by atoms with Gasteiger partial charge in [0.1, 0.15) is 18.2 Å². The van der Waals surface area contributed by atoms with Gasteiger partial charge in [0.15, 0.2) is 0 Å². The fourth-order valence-corrected chi connectivity index (χ4v) is 5.86. The van der Waals surface area contributed by atoms with Crippen molar-refractivity contribution in [1.82, 2.24) is 16.0 Å². The van der Waals surface area contributed by atoms with Crippen LogP contribution in [-0.4, -0.2) is 49.6 Å². The molecule has 9 nitrogen and oxygen atoms in total. The average molecular weight is 619 g/mol. The molecule has 4 atom stereocenters. The predicted molar refractivity (Wildman–Crippen MR) is 159 cm³/mol. The summed E-state index contributed by atoms with van der Waals surface area (Å²) in [5.74, 6) is -1.77. The molecular formula is C31H37Cl2N3O6. The van der Waals surface area contributed by atoms with Crippen molar-refractivity contribution >= 4 is 47.1 Å². The van der Waals surface area contributed by atoms with Crippen LogP contribution in [0.15, 0.2) is 48.5 Å². The van der Waals surface area contributed by atoms with Gasteiger partial charge in [0.2, 0.25) is 11.8 Å². The number of nitrogens with one attached hydrogen (secondary N) is 3. The Balaban J connectivity index is 1.53. The molecule has 3 unspecified atom stereocenters. The fraction of sp³-hybridized carbons (Fsp3) is 0.484. The summed E-state index contributed by atoms with van der Waals surface area (Å²) < 4.78 is 11.0. The van der Waals surface area contributed by atoms with E-state index >= 15 is 0 Å². The van der Waals surface area contributed by atoms with Crippen LogP contribution in [-0.2, 0) is 29.3 Å². The Morgan fingerprint density at radius 2 is 1.74 bits per heavy atom. The minimum atomic E-state index is -1.04. The first-order valence-electron chi connectivity index (χ1n) is 14.2. The van der Waals surface area contributed by atoms with E-state index in [0.717, 1.165) is 24.0 Å². The Morgan fingerprint density at radius 1 is 1.02 bits per heavy atom. The number of hydrogen-bond acceptors (Lipinski definition) is 6. The summed E-state index contributed by atoms with van der Waals surface area (Å²) in [5.41, 5.74) is 1.23. The Labute approximate surface area is 256 Å². The fourth-order valence-electron chi connectivity index (χ4n) is 5.54. The van der Waals surface area contributed by atoms with E-state index in [1.165, 1.54) is 7.11 Å². The molecule has 1 aliphatic heterocycles. The molecule has 0 radical (unpaired) electrons. The molecular weight excluding hydrogens is 581 g/mol. The molecule has 42 heavy (non-hydrogen) atoms. The second-order valence-electron chi connectivity index (χ2n) is 11.4. The molecule has 2 fully saturated rings. The lowest BCUT2D eigenvalue weighted by Gasteiger charge is -2.29. The average Bonchev–Trinajstić information content (AvgIpc) is 3.66. The van der Waals surface area contributed by atoms with E-state index < -0.39 is 47.5 Å². The van der Waals surface area contributed by atoms with Gasteiger partial charge in [0, 0.05) is 27.9 Å². The Morgan fingerprint density at radius 3 is 2.31 bits per heavy atom. The zero-order valence-corrected chi connectivity index (χ0v) is 25.5. The van der Waals surface area contributed by atoms with Crippen LogP contribution in [0.4, 0.5) is 4.79 Å². The van der Waals surface area contributed by atoms with Gasteiger partial charge in [-0.05, 0) is 73.4 Å². The van der Waals surface area contributed by atoms with Crippen LogP contribution >= 0.6 is 23.2 Å². The van der Waals surface area contributed by atoms with Gasteiger partial charge in [0.05, 0.1) is 7.11 Å². The maximum Gasteiger partial charge on any atom is 0.408 e. The lowest BCUT2D eigenvalue weighted by molar-refractivity contribution is -0.146. The Kier molecular flexibility index (Phi) is 10.4. The monoisotopic (exact) mass is 617 g/mol. The van der Waals surface area contributed by atoms with E-state index in [1.54, 1.807) is 18.2 Å². The maximum absolute atomic E-state index is 13.5. The summed E-state index contributed by atoms with van der Waals surface area (Å²) in [6, 6.07) is 12.6. The third-order valence-corrected chi connectivity index (χ3v) is 8.38. The third-order valence-electron chi connectivity index (χ3n) is 7.89. The summed E-state index contributed by atoms with van der Waals surface area (Å²) in [6.45, 7) is 4.35. The number of esters is 1. The predicted octanol–water partition coefficient (Wildman–Crippen LogP) is 5.09. The lowest BCUT2D eigenvalue weighted by atomic mass is 9.86. The van der Waals surface area contributed by atoms with Crippen molar-refractivity contribution in [1.29, 1.82) is 0 Å². The minimum absolute atomic E-state index is 0.0338. The molecule has 1 heterocycles. The highest BCUT2D eigenvalue weighted by atomic mass is 35.5. The van der Waals surface area contributed by atoms with Crippen molar-refractivity contribution in [2.75, 3.05) is 13.7 Å². The maximum atomic E-state index is 13.5. The van der Waals surface area contributed by atoms with Crippen LogP contribution in [0.1, 0.15) is 63.2 Å². The summed E-state index contributed by atoms with van der Waals surface area (Å²) >= 11 is 12.4. The van der Waals surface area contributed by atoms with Crippen LogP contribution in [0.5, 0.6) is 0 Å². The van der Waals surface area contributed by atoms with Crippen LogP contribution in [0.25, 0.3) is 0 Å². The van der Waals surface area contributed by atoms with E-state index in [2.05, 4.69) is 16.0 Å². The van der Waals surface area contributed by atoms with Crippen LogP contribution in [0.3, 0.4) is 0 Å². The van der Waals surface area contributed by atoms with Gasteiger partial charge in [-0.2, -0.15) is 0 Å². The summed E-state index contributed by atoms with van der Waals surface area (Å²) in [7, 11) is 1.22. The van der Waals surface area contributed by atoms with Gasteiger partial charge < -0.3 is 25.4 Å². The smallest absolute Gasteiger partial charge is 0.408 e. The van der Waals surface area contributed by atoms with E-state index in [-0.39, 0.29) is 18.2 Å². The highest BCUT2D eigenvalue weighted by Gasteiger charge is 2.53. The van der Waals surface area contributed by atoms with Gasteiger partial charge >= 0.3 is 12.1 Å². The Hall–Kier alpha value is -3.30. The van der Waals surface area contributed by atoms with Crippen LogP contribution in [0, 0.1) is 11.8 Å². The Bertz CT molecular complexity index is 1300. The number of methoxy groups -OCH3 is 1. The molecule has 4 rings (SSSR count). The van der Waals surface area contributed by atoms with Gasteiger partial charge in [-0.15, -0.1) is 0 Å². The van der Waals surface area contributed by atoms with Crippen molar-refractivity contribution in [3.05, 3.63) is 69.7 Å². The van der Waals surface area contributed by atoms with Gasteiger partial charge in [0.25, 0.3) is 0 Å². The number of rotatable bonds is 12. The number of hydrogen-bond donors (Lipinski definition) is 3. The van der Waals surface area contributed by atoms with Crippen molar-refractivity contribution < 1.29 is 28.7 Å². The quantitative estimate of drug-likeness (QED) is 0.285.